The minimum Gasteiger partial charge on any atom is -0.378 e. The number of aromatic amines is 1. The Kier molecular flexibility index (Phi) is 3.72. The van der Waals surface area contributed by atoms with Crippen molar-refractivity contribution in [3.63, 3.8) is 0 Å². The van der Waals surface area contributed by atoms with E-state index >= 15 is 0 Å². The maximum Gasteiger partial charge on any atom is 0.316 e. The Balaban J connectivity index is 1.55. The third-order valence-corrected chi connectivity index (χ3v) is 4.68. The van der Waals surface area contributed by atoms with Crippen LogP contribution in [0.25, 0.3) is 5.57 Å². The second-order valence-corrected chi connectivity index (χ2v) is 6.25. The number of benzene rings is 1. The molecule has 0 spiro atoms. The van der Waals surface area contributed by atoms with Crippen LogP contribution in [-0.2, 0) is 12.8 Å². The van der Waals surface area contributed by atoms with Gasteiger partial charge >= 0.3 is 5.91 Å². The predicted octanol–water partition coefficient (Wildman–Crippen LogP) is 3.74. The quantitative estimate of drug-likeness (QED) is 0.827. The number of aromatic nitrogens is 2. The van der Waals surface area contributed by atoms with Gasteiger partial charge in [0.05, 0.1) is 12.2 Å². The molecule has 1 aromatic heterocycles. The van der Waals surface area contributed by atoms with Gasteiger partial charge in [0.2, 0.25) is 0 Å². The first-order valence-electron chi connectivity index (χ1n) is 8.31. The predicted molar refractivity (Wildman–Crippen MR) is 91.9 cm³/mol. The molecule has 0 radical (unpaired) electrons. The number of hydrogen-bond acceptors (Lipinski definition) is 4. The summed E-state index contributed by atoms with van der Waals surface area (Å²) in [7, 11) is 0. The highest BCUT2D eigenvalue weighted by atomic mass is 16.2. The van der Waals surface area contributed by atoms with E-state index in [1.807, 2.05) is 24.3 Å². The van der Waals surface area contributed by atoms with Crippen molar-refractivity contribution < 1.29 is 4.79 Å². The zero-order chi connectivity index (χ0) is 16.5. The zero-order valence-electron chi connectivity index (χ0n) is 13.5. The Morgan fingerprint density at radius 2 is 2.12 bits per heavy atom. The average Bonchev–Trinajstić information content (AvgIpc) is 3.16. The fourth-order valence-corrected chi connectivity index (χ4v) is 3.43. The van der Waals surface area contributed by atoms with Crippen molar-refractivity contribution >= 4 is 17.2 Å². The normalized spacial score (nSPS) is 20.9. The van der Waals surface area contributed by atoms with Crippen LogP contribution in [0.5, 0.6) is 0 Å². The van der Waals surface area contributed by atoms with Crippen LogP contribution in [0.15, 0.2) is 40.7 Å². The van der Waals surface area contributed by atoms with Crippen LogP contribution in [0.3, 0.4) is 0 Å². The molecule has 2 aliphatic rings. The van der Waals surface area contributed by atoms with Crippen molar-refractivity contribution in [3.8, 4) is 0 Å². The monoisotopic (exact) mass is 321 g/mol. The van der Waals surface area contributed by atoms with Gasteiger partial charge in [-0.2, -0.15) is 10.2 Å². The van der Waals surface area contributed by atoms with Crippen LogP contribution < -0.4 is 5.32 Å². The van der Waals surface area contributed by atoms with Crippen molar-refractivity contribution in [2.45, 2.75) is 38.6 Å². The highest BCUT2D eigenvalue weighted by Crippen LogP contribution is 2.34. The summed E-state index contributed by atoms with van der Waals surface area (Å²) >= 11 is 0. The van der Waals surface area contributed by atoms with Gasteiger partial charge in [0.1, 0.15) is 0 Å². The molecule has 2 aromatic rings. The minimum atomic E-state index is -0.377. The number of rotatable bonds is 2. The van der Waals surface area contributed by atoms with Crippen LogP contribution in [-0.4, -0.2) is 22.1 Å². The van der Waals surface area contributed by atoms with Gasteiger partial charge in [-0.15, -0.1) is 5.11 Å². The molecule has 6 heteroatoms. The summed E-state index contributed by atoms with van der Waals surface area (Å²) in [5.74, 6) is -0.377. The van der Waals surface area contributed by atoms with Crippen molar-refractivity contribution in [1.82, 2.24) is 10.2 Å². The first-order chi connectivity index (χ1) is 11.7. The highest BCUT2D eigenvalue weighted by Gasteiger charge is 2.23. The van der Waals surface area contributed by atoms with E-state index in [0.29, 0.717) is 5.69 Å². The summed E-state index contributed by atoms with van der Waals surface area (Å²) in [5.41, 5.74) is 5.73. The van der Waals surface area contributed by atoms with E-state index in [4.69, 9.17) is 0 Å². The lowest BCUT2D eigenvalue weighted by Gasteiger charge is -2.09. The summed E-state index contributed by atoms with van der Waals surface area (Å²) < 4.78 is 0. The number of hydrogen-bond donors (Lipinski definition) is 2. The van der Waals surface area contributed by atoms with Crippen molar-refractivity contribution in [1.29, 1.82) is 0 Å². The Bertz CT molecular complexity index is 849. The minimum absolute atomic E-state index is 0.148. The number of anilines is 1. The van der Waals surface area contributed by atoms with Crippen LogP contribution in [0.4, 0.5) is 5.69 Å². The number of fused-ring (bicyclic) bond motifs is 2. The molecule has 0 saturated heterocycles. The summed E-state index contributed by atoms with van der Waals surface area (Å²) in [6.07, 6.45) is 5.74. The van der Waals surface area contributed by atoms with Gasteiger partial charge in [0.25, 0.3) is 0 Å². The van der Waals surface area contributed by atoms with E-state index < -0.39 is 0 Å². The fraction of sp³-hybridized carbons (Fsp3) is 0.333. The summed E-state index contributed by atoms with van der Waals surface area (Å²) in [5, 5.41) is 18.4. The molecule has 24 heavy (non-hydrogen) atoms. The lowest BCUT2D eigenvalue weighted by molar-refractivity contribution is 0.0989. The molecule has 0 fully saturated rings. The fourth-order valence-electron chi connectivity index (χ4n) is 3.43. The zero-order valence-corrected chi connectivity index (χ0v) is 13.5. The second kappa shape index (κ2) is 6.03. The Hall–Kier alpha value is -2.76. The molecular weight excluding hydrogens is 302 g/mol. The molecule has 122 valence electrons. The lowest BCUT2D eigenvalue weighted by Crippen LogP contribution is -2.08. The molecule has 0 saturated carbocycles. The number of amides is 1. The molecule has 1 atom stereocenters. The molecule has 4 rings (SSSR count). The number of nitrogens with one attached hydrogen (secondary N) is 2. The van der Waals surface area contributed by atoms with Crippen molar-refractivity contribution in [2.24, 2.45) is 10.2 Å². The maximum absolute atomic E-state index is 12.3. The topological polar surface area (TPSA) is 82.5 Å². The molecule has 6 nitrogen and oxygen atoms in total. The van der Waals surface area contributed by atoms with E-state index in [1.165, 1.54) is 0 Å². The SMILES string of the molecule is CC1Nc2ccccc2C1=CN=NC(=O)c1n[nH]c2c1CCCC2. The molecule has 1 amide bonds. The van der Waals surface area contributed by atoms with Crippen molar-refractivity contribution in [3.05, 3.63) is 53.0 Å². The van der Waals surface area contributed by atoms with Gasteiger partial charge < -0.3 is 5.32 Å². The van der Waals surface area contributed by atoms with Crippen LogP contribution in [0, 0.1) is 0 Å². The lowest BCUT2D eigenvalue weighted by atomic mass is 9.96. The number of carbonyl (C=O) groups is 1. The van der Waals surface area contributed by atoms with Gasteiger partial charge in [-0.3, -0.25) is 9.89 Å². The van der Waals surface area contributed by atoms with Crippen molar-refractivity contribution in [2.75, 3.05) is 5.32 Å². The standard InChI is InChI=1S/C18H19N5O/c1-11-14(12-6-2-4-8-15(12)20-11)10-19-23-18(24)17-13-7-3-5-9-16(13)21-22-17/h2,4,6,8,10-11,20H,3,5,7,9H2,1H3,(H,21,22). The second-order valence-electron chi connectivity index (χ2n) is 6.25. The number of H-pyrrole nitrogens is 1. The largest absolute Gasteiger partial charge is 0.378 e. The third kappa shape index (κ3) is 2.54. The van der Waals surface area contributed by atoms with Gasteiger partial charge in [0.15, 0.2) is 5.69 Å². The third-order valence-electron chi connectivity index (χ3n) is 4.68. The molecule has 2 N–H and O–H groups in total. The summed E-state index contributed by atoms with van der Waals surface area (Å²) in [4.78, 5) is 12.3. The van der Waals surface area contributed by atoms with Crippen LogP contribution in [0.2, 0.25) is 0 Å². The van der Waals surface area contributed by atoms with Gasteiger partial charge in [0, 0.05) is 28.1 Å². The van der Waals surface area contributed by atoms with Gasteiger partial charge in [-0.05, 0) is 38.7 Å². The van der Waals surface area contributed by atoms with Gasteiger partial charge in [-0.25, -0.2) is 0 Å². The first-order valence-corrected chi connectivity index (χ1v) is 8.31. The number of nitrogens with zero attached hydrogens (tertiary/aromatic N) is 3. The smallest absolute Gasteiger partial charge is 0.316 e. The molecule has 2 heterocycles. The number of aryl methyl sites for hydroxylation is 1. The van der Waals surface area contributed by atoms with E-state index in [-0.39, 0.29) is 11.9 Å². The molecule has 0 bridgehead atoms. The Morgan fingerprint density at radius 1 is 1.29 bits per heavy atom. The Morgan fingerprint density at radius 3 is 3.04 bits per heavy atom. The highest BCUT2D eigenvalue weighted by molar-refractivity contribution is 5.94. The Labute approximate surface area is 140 Å². The summed E-state index contributed by atoms with van der Waals surface area (Å²) in [6.45, 7) is 2.06. The number of para-hydroxylation sites is 1. The first kappa shape index (κ1) is 14.8. The van der Waals surface area contributed by atoms with Gasteiger partial charge in [-0.1, -0.05) is 18.2 Å². The van der Waals surface area contributed by atoms with E-state index in [9.17, 15) is 4.79 Å². The van der Waals surface area contributed by atoms with E-state index in [0.717, 1.165) is 53.8 Å². The number of carbonyl (C=O) groups excluding carboxylic acids is 1. The van der Waals surface area contributed by atoms with E-state index in [2.05, 4.69) is 32.7 Å². The van der Waals surface area contributed by atoms with Crippen LogP contribution in [0.1, 0.15) is 47.1 Å². The maximum atomic E-state index is 12.3. The van der Waals surface area contributed by atoms with E-state index in [1.54, 1.807) is 6.20 Å². The molecule has 1 aliphatic heterocycles. The average molecular weight is 321 g/mol. The summed E-state index contributed by atoms with van der Waals surface area (Å²) in [6, 6.07) is 8.21. The number of azo groups is 1. The molecule has 1 aliphatic carbocycles. The molecule has 1 unspecified atom stereocenters. The van der Waals surface area contributed by atoms with Crippen LogP contribution >= 0.6 is 0 Å². The molecular formula is C18H19N5O. The molecule has 1 aromatic carbocycles.